The normalized spacial score (nSPS) is 18.6. The lowest BCUT2D eigenvalue weighted by atomic mass is 9.76. The molecule has 3 heterocycles. The van der Waals surface area contributed by atoms with Gasteiger partial charge in [0.15, 0.2) is 28.6 Å². The Morgan fingerprint density at radius 2 is 1.30 bits per heavy atom. The first kappa shape index (κ1) is 52.4. The van der Waals surface area contributed by atoms with Gasteiger partial charge < -0.3 is 50.5 Å². The Hall–Kier alpha value is -6.47. The van der Waals surface area contributed by atoms with Crippen molar-refractivity contribution in [1.82, 2.24) is 20.9 Å². The second-order valence-corrected chi connectivity index (χ2v) is 17.4. The summed E-state index contributed by atoms with van der Waals surface area (Å²) in [5, 5.41) is 17.1. The van der Waals surface area contributed by atoms with Crippen molar-refractivity contribution < 1.29 is 55.9 Å². The summed E-state index contributed by atoms with van der Waals surface area (Å²) in [5.74, 6) is -6.33. The molecule has 71 heavy (non-hydrogen) atoms. The number of nitrogens with one attached hydrogen (secondary N) is 3. The lowest BCUT2D eigenvalue weighted by Gasteiger charge is -2.35. The summed E-state index contributed by atoms with van der Waals surface area (Å²) < 4.78 is 90.9. The van der Waals surface area contributed by atoms with Crippen molar-refractivity contribution in [2.75, 3.05) is 68.3 Å². The van der Waals surface area contributed by atoms with E-state index in [1.807, 2.05) is 67.6 Å². The number of aliphatic hydroxyl groups excluding tert-OH is 1. The van der Waals surface area contributed by atoms with Crippen LogP contribution in [0, 0.1) is 23.3 Å². The van der Waals surface area contributed by atoms with Crippen LogP contribution in [0.4, 0.5) is 17.6 Å². The van der Waals surface area contributed by atoms with Crippen LogP contribution in [0.2, 0.25) is 10.0 Å². The largest absolute Gasteiger partial charge is 0.494 e. The average Bonchev–Trinajstić information content (AvgIpc) is 3.82. The fourth-order valence-electron chi connectivity index (χ4n) is 9.59. The molecule has 6 aromatic rings. The molecule has 5 aromatic carbocycles. The maximum absolute atomic E-state index is 15.9. The molecule has 13 nitrogen and oxygen atoms in total. The average molecular weight is 1020 g/mol. The van der Waals surface area contributed by atoms with Crippen LogP contribution in [0.15, 0.2) is 91.1 Å². The summed E-state index contributed by atoms with van der Waals surface area (Å²) in [6, 6.07) is 23.8. The standard InChI is InChI=1S/C26H26ClF2N3O4.C26H25ClF2N2O4/c1-14-19-18(36-26(14,13-30-2)15-7-5-4-6-8-15)11-17(28)22(27)21(19)20-16(24(34)31-3)12-32-25(23(20)29)35-10-9-33;1-31-13-26(14-7-5-4-6-8-14)16(12-33-2)21-19(35-26)11-17(28)23(27)22(21)20-15(25(30)32)9-10-18(34-3)24(20)29/h4-8,11-12,14,30,33H,9-10,13H2,1-3H3,(H,31,34);4-11,16,31H,12-13H2,1-3H3,(H2,30,32)/t14-,26-;16-,26+/m00/s1. The summed E-state index contributed by atoms with van der Waals surface area (Å²) in [4.78, 5) is 28.9. The summed E-state index contributed by atoms with van der Waals surface area (Å²) in [6.07, 6.45) is 1.14. The highest BCUT2D eigenvalue weighted by molar-refractivity contribution is 6.34. The zero-order chi connectivity index (χ0) is 51.4. The molecule has 2 amide bonds. The molecule has 0 saturated heterocycles. The first-order valence-corrected chi connectivity index (χ1v) is 23.0. The van der Waals surface area contributed by atoms with E-state index < -0.39 is 64.0 Å². The van der Waals surface area contributed by atoms with Gasteiger partial charge in [-0.3, -0.25) is 9.59 Å². The van der Waals surface area contributed by atoms with Crippen molar-refractivity contribution in [2.24, 2.45) is 5.73 Å². The summed E-state index contributed by atoms with van der Waals surface area (Å²) in [5.41, 5.74) is 5.20. The lowest BCUT2D eigenvalue weighted by molar-refractivity contribution is 0.0327. The van der Waals surface area contributed by atoms with Crippen molar-refractivity contribution in [2.45, 2.75) is 30.0 Å². The number of likely N-dealkylation sites (N-methyl/N-ethyl adjacent to an activating group) is 2. The van der Waals surface area contributed by atoms with Gasteiger partial charge in [0.25, 0.3) is 11.8 Å². The number of rotatable bonds is 16. The molecule has 4 atom stereocenters. The van der Waals surface area contributed by atoms with E-state index in [2.05, 4.69) is 20.9 Å². The number of pyridine rings is 1. The van der Waals surface area contributed by atoms with E-state index in [1.54, 1.807) is 14.1 Å². The molecule has 2 aliphatic rings. The smallest absolute Gasteiger partial charge is 0.253 e. The summed E-state index contributed by atoms with van der Waals surface area (Å²) >= 11 is 13.0. The number of halogens is 6. The van der Waals surface area contributed by atoms with Crippen molar-refractivity contribution >= 4 is 35.0 Å². The lowest BCUT2D eigenvalue weighted by Crippen LogP contribution is -2.45. The number of carbonyl (C=O) groups excluding carboxylic acids is 2. The monoisotopic (exact) mass is 1020 g/mol. The van der Waals surface area contributed by atoms with E-state index in [0.717, 1.165) is 17.3 Å². The highest BCUT2D eigenvalue weighted by Crippen LogP contribution is 2.58. The Kier molecular flexibility index (Phi) is 16.1. The molecule has 0 unspecified atom stereocenters. The first-order chi connectivity index (χ1) is 34.1. The molecular formula is C52H51Cl2F4N5O8. The van der Waals surface area contributed by atoms with Gasteiger partial charge in [0, 0.05) is 84.9 Å². The number of fused-ring (bicyclic) bond motifs is 2. The number of aliphatic hydroxyl groups is 1. The van der Waals surface area contributed by atoms with Crippen molar-refractivity contribution in [3.63, 3.8) is 0 Å². The van der Waals surface area contributed by atoms with Gasteiger partial charge >= 0.3 is 0 Å². The molecule has 0 fully saturated rings. The molecule has 0 bridgehead atoms. The number of aromatic nitrogens is 1. The zero-order valence-electron chi connectivity index (χ0n) is 39.4. The predicted molar refractivity (Wildman–Crippen MR) is 261 cm³/mol. The maximum atomic E-state index is 15.9. The van der Waals surface area contributed by atoms with Crippen molar-refractivity contribution in [1.29, 1.82) is 0 Å². The third kappa shape index (κ3) is 9.33. The van der Waals surface area contributed by atoms with Crippen molar-refractivity contribution in [3.05, 3.63) is 158 Å². The minimum Gasteiger partial charge on any atom is -0.494 e. The number of primary amides is 1. The number of nitrogens with two attached hydrogens (primary N) is 1. The van der Waals surface area contributed by atoms with Crippen LogP contribution in [-0.4, -0.2) is 90.2 Å². The van der Waals surface area contributed by atoms with Crippen LogP contribution < -0.4 is 40.6 Å². The number of hydrogen-bond acceptors (Lipinski definition) is 11. The van der Waals surface area contributed by atoms with Crippen LogP contribution >= 0.6 is 23.2 Å². The van der Waals surface area contributed by atoms with Gasteiger partial charge in [-0.2, -0.15) is 0 Å². The number of methoxy groups -OCH3 is 2. The fourth-order valence-corrected chi connectivity index (χ4v) is 10.1. The van der Waals surface area contributed by atoms with E-state index in [1.165, 1.54) is 45.5 Å². The first-order valence-electron chi connectivity index (χ1n) is 22.2. The molecule has 0 saturated carbocycles. The Morgan fingerprint density at radius 3 is 1.83 bits per heavy atom. The molecule has 6 N–H and O–H groups in total. The van der Waals surface area contributed by atoms with Gasteiger partial charge in [0.1, 0.15) is 29.7 Å². The summed E-state index contributed by atoms with van der Waals surface area (Å²) in [6.45, 7) is 2.10. The number of benzene rings is 5. The minimum absolute atomic E-state index is 0.0135. The molecule has 2 aliphatic heterocycles. The molecule has 1 aromatic heterocycles. The molecule has 0 aliphatic carbocycles. The predicted octanol–water partition coefficient (Wildman–Crippen LogP) is 8.65. The highest BCUT2D eigenvalue weighted by atomic mass is 35.5. The van der Waals surface area contributed by atoms with Crippen LogP contribution in [0.5, 0.6) is 23.1 Å². The molecule has 0 spiro atoms. The molecule has 8 rings (SSSR count). The number of hydrogen-bond donors (Lipinski definition) is 5. The van der Waals surface area contributed by atoms with E-state index in [4.69, 9.17) is 57.7 Å². The van der Waals surface area contributed by atoms with Crippen LogP contribution in [-0.2, 0) is 15.9 Å². The Bertz CT molecular complexity index is 2960. The second kappa shape index (κ2) is 21.9. The van der Waals surface area contributed by atoms with E-state index in [-0.39, 0.29) is 80.5 Å². The number of carbonyl (C=O) groups is 2. The topological polar surface area (TPSA) is 176 Å². The van der Waals surface area contributed by atoms with E-state index >= 15 is 17.6 Å². The van der Waals surface area contributed by atoms with Crippen LogP contribution in [0.3, 0.4) is 0 Å². The van der Waals surface area contributed by atoms with E-state index in [9.17, 15) is 9.59 Å². The second-order valence-electron chi connectivity index (χ2n) is 16.6. The molecular weight excluding hydrogens is 969 g/mol. The Morgan fingerprint density at radius 1 is 0.761 bits per heavy atom. The van der Waals surface area contributed by atoms with Crippen LogP contribution in [0.25, 0.3) is 22.3 Å². The van der Waals surface area contributed by atoms with Crippen molar-refractivity contribution in [3.8, 4) is 45.4 Å². The number of ether oxygens (including phenoxy) is 5. The van der Waals surface area contributed by atoms with E-state index in [0.29, 0.717) is 24.2 Å². The van der Waals surface area contributed by atoms with Gasteiger partial charge in [-0.25, -0.2) is 22.5 Å². The Labute approximate surface area is 417 Å². The number of nitrogens with zero attached hydrogens (tertiary/aromatic N) is 1. The minimum atomic E-state index is -1.04. The van der Waals surface area contributed by atoms with Crippen LogP contribution in [0.1, 0.15) is 61.7 Å². The number of amides is 2. The summed E-state index contributed by atoms with van der Waals surface area (Å²) in [7, 11) is 7.74. The third-order valence-electron chi connectivity index (χ3n) is 12.7. The third-order valence-corrected chi connectivity index (χ3v) is 13.4. The van der Waals surface area contributed by atoms with Gasteiger partial charge in [-0.1, -0.05) is 90.8 Å². The van der Waals surface area contributed by atoms with Gasteiger partial charge in [-0.05, 0) is 37.4 Å². The fraction of sp³-hybridized carbons (Fsp3) is 0.288. The molecule has 0 radical (unpaired) electrons. The van der Waals surface area contributed by atoms with Gasteiger partial charge in [0.05, 0.1) is 47.4 Å². The quantitative estimate of drug-likeness (QED) is 0.0587. The maximum Gasteiger partial charge on any atom is 0.253 e. The zero-order valence-corrected chi connectivity index (χ0v) is 41.0. The highest BCUT2D eigenvalue weighted by Gasteiger charge is 2.53. The van der Waals surface area contributed by atoms with Gasteiger partial charge in [-0.15, -0.1) is 0 Å². The van der Waals surface area contributed by atoms with Gasteiger partial charge in [0.2, 0.25) is 5.91 Å². The SMILES string of the molecule is CNC[C@]1(c2ccccc2)Oc2cc(F)c(Cl)c(-c3c(C(=O)NC)cnc(OCCO)c3F)c2[C@@H]1C.CNC[C@]1(c2ccccc2)Oc2cc(F)c(Cl)c(-c3c(C(N)=O)ccc(OC)c3F)c2[C@@H]1COC. The molecule has 19 heteroatoms. The molecule has 374 valence electrons. The Balaban J connectivity index is 0.000000209.